The molecule has 0 saturated carbocycles. The van der Waals surface area contributed by atoms with Crippen LogP contribution in [0.25, 0.3) is 6.08 Å². The van der Waals surface area contributed by atoms with Gasteiger partial charge in [-0.25, -0.2) is 0 Å². The van der Waals surface area contributed by atoms with Crippen LogP contribution < -0.4 is 5.32 Å². The van der Waals surface area contributed by atoms with Crippen LogP contribution in [0.15, 0.2) is 30.3 Å². The summed E-state index contributed by atoms with van der Waals surface area (Å²) in [7, 11) is -0.340. The molecule has 1 aliphatic rings. The molecule has 1 N–H and O–H groups in total. The molecule has 2 heteroatoms. The Balaban J connectivity index is 2.11. The standard InChI is InChI=1S/C16H24NSi/c1-4-5-12-17-16(18(2)3)15-11-10-13-8-6-7-9-14(13)15/h6-11,15-17H,4-5,12H2,1-3H3. The molecule has 0 heterocycles. The average molecular weight is 258 g/mol. The van der Waals surface area contributed by atoms with E-state index in [1.807, 2.05) is 0 Å². The molecule has 0 spiro atoms. The Hall–Kier alpha value is -0.863. The molecule has 1 aliphatic carbocycles. The molecular weight excluding hydrogens is 234 g/mol. The molecule has 1 nitrogen and oxygen atoms in total. The van der Waals surface area contributed by atoms with Crippen LogP contribution in [0.2, 0.25) is 13.1 Å². The fourth-order valence-corrected chi connectivity index (χ4v) is 4.25. The highest BCUT2D eigenvalue weighted by atomic mass is 28.3. The Labute approximate surface area is 113 Å². The highest BCUT2D eigenvalue weighted by molar-refractivity contribution is 6.57. The van der Waals surface area contributed by atoms with Crippen LogP contribution in [-0.2, 0) is 0 Å². The first kappa shape index (κ1) is 13.6. The highest BCUT2D eigenvalue weighted by Crippen LogP contribution is 2.33. The summed E-state index contributed by atoms with van der Waals surface area (Å²) >= 11 is 0. The van der Waals surface area contributed by atoms with E-state index in [-0.39, 0.29) is 8.80 Å². The number of fused-ring (bicyclic) bond motifs is 1. The van der Waals surface area contributed by atoms with Gasteiger partial charge >= 0.3 is 0 Å². The van der Waals surface area contributed by atoms with Gasteiger partial charge in [0.05, 0.1) is 8.80 Å². The topological polar surface area (TPSA) is 12.0 Å². The lowest BCUT2D eigenvalue weighted by molar-refractivity contribution is 0.567. The van der Waals surface area contributed by atoms with Gasteiger partial charge in [0.1, 0.15) is 0 Å². The number of rotatable bonds is 6. The van der Waals surface area contributed by atoms with E-state index < -0.39 is 0 Å². The maximum absolute atomic E-state index is 3.80. The summed E-state index contributed by atoms with van der Waals surface area (Å²) in [6.07, 6.45) is 7.24. The molecule has 0 saturated heterocycles. The SMILES string of the molecule is CCCCNC(C1C=Cc2ccccc21)[Si](C)C. The highest BCUT2D eigenvalue weighted by Gasteiger charge is 2.28. The van der Waals surface area contributed by atoms with Crippen LogP contribution in [0.5, 0.6) is 0 Å². The predicted octanol–water partition coefficient (Wildman–Crippen LogP) is 3.85. The molecule has 2 unspecified atom stereocenters. The molecule has 0 amide bonds. The number of nitrogens with one attached hydrogen (secondary N) is 1. The first-order chi connectivity index (χ1) is 8.74. The maximum atomic E-state index is 3.80. The van der Waals surface area contributed by atoms with Gasteiger partial charge in [-0.3, -0.25) is 0 Å². The lowest BCUT2D eigenvalue weighted by Crippen LogP contribution is -2.44. The van der Waals surface area contributed by atoms with Crippen LogP contribution in [0, 0.1) is 0 Å². The van der Waals surface area contributed by atoms with Crippen molar-refractivity contribution in [1.82, 2.24) is 5.32 Å². The molecule has 18 heavy (non-hydrogen) atoms. The molecule has 2 rings (SSSR count). The summed E-state index contributed by atoms with van der Waals surface area (Å²) in [4.78, 5) is 0. The fraction of sp³-hybridized carbons (Fsp3) is 0.500. The molecule has 2 atom stereocenters. The van der Waals surface area contributed by atoms with Crippen LogP contribution in [-0.4, -0.2) is 21.0 Å². The fourth-order valence-electron chi connectivity index (χ4n) is 2.69. The molecule has 1 aromatic rings. The summed E-state index contributed by atoms with van der Waals surface area (Å²) in [5.41, 5.74) is 3.58. The lowest BCUT2D eigenvalue weighted by Gasteiger charge is -2.27. The van der Waals surface area contributed by atoms with E-state index in [9.17, 15) is 0 Å². The maximum Gasteiger partial charge on any atom is 0.0635 e. The third-order valence-corrected chi connectivity index (χ3v) is 5.52. The van der Waals surface area contributed by atoms with E-state index in [1.165, 1.54) is 24.0 Å². The quantitative estimate of drug-likeness (QED) is 0.604. The normalized spacial score (nSPS) is 19.2. The van der Waals surface area contributed by atoms with Crippen molar-refractivity contribution in [3.05, 3.63) is 41.5 Å². The minimum Gasteiger partial charge on any atom is -0.316 e. The second kappa shape index (κ2) is 6.35. The smallest absolute Gasteiger partial charge is 0.0635 e. The largest absolute Gasteiger partial charge is 0.316 e. The number of benzene rings is 1. The van der Waals surface area contributed by atoms with E-state index in [0.717, 1.165) is 6.54 Å². The van der Waals surface area contributed by atoms with E-state index >= 15 is 0 Å². The Kier molecular flexibility index (Phi) is 4.78. The second-order valence-electron chi connectivity index (χ2n) is 5.38. The first-order valence-corrected chi connectivity index (χ1v) is 9.62. The monoisotopic (exact) mass is 258 g/mol. The molecule has 97 valence electrons. The van der Waals surface area contributed by atoms with Crippen molar-refractivity contribution in [2.45, 2.75) is 44.4 Å². The zero-order valence-electron chi connectivity index (χ0n) is 11.7. The van der Waals surface area contributed by atoms with E-state index in [0.29, 0.717) is 11.6 Å². The van der Waals surface area contributed by atoms with Crippen LogP contribution in [0.1, 0.15) is 36.8 Å². The van der Waals surface area contributed by atoms with Gasteiger partial charge < -0.3 is 5.32 Å². The zero-order valence-corrected chi connectivity index (χ0v) is 12.7. The van der Waals surface area contributed by atoms with Gasteiger partial charge in [0, 0.05) is 11.6 Å². The Morgan fingerprint density at radius 3 is 2.78 bits per heavy atom. The van der Waals surface area contributed by atoms with Gasteiger partial charge in [-0.15, -0.1) is 0 Å². The van der Waals surface area contributed by atoms with E-state index in [1.54, 1.807) is 0 Å². The minimum absolute atomic E-state index is 0.340. The Morgan fingerprint density at radius 2 is 2.06 bits per heavy atom. The summed E-state index contributed by atoms with van der Waals surface area (Å²) in [6.45, 7) is 8.25. The zero-order chi connectivity index (χ0) is 13.0. The van der Waals surface area contributed by atoms with Crippen LogP contribution >= 0.6 is 0 Å². The molecule has 1 radical (unpaired) electrons. The third kappa shape index (κ3) is 2.93. The van der Waals surface area contributed by atoms with Gasteiger partial charge in [-0.05, 0) is 24.1 Å². The molecule has 0 bridgehead atoms. The molecule has 0 fully saturated rings. The number of hydrogen-bond acceptors (Lipinski definition) is 1. The van der Waals surface area contributed by atoms with E-state index in [2.05, 4.69) is 61.8 Å². The van der Waals surface area contributed by atoms with E-state index in [4.69, 9.17) is 0 Å². The van der Waals surface area contributed by atoms with Crippen molar-refractivity contribution in [3.8, 4) is 0 Å². The van der Waals surface area contributed by atoms with Crippen molar-refractivity contribution in [1.29, 1.82) is 0 Å². The van der Waals surface area contributed by atoms with Crippen LogP contribution in [0.4, 0.5) is 0 Å². The molecular formula is C16H24NSi. The predicted molar refractivity (Wildman–Crippen MR) is 82.4 cm³/mol. The second-order valence-corrected chi connectivity index (χ2v) is 8.15. The van der Waals surface area contributed by atoms with Crippen molar-refractivity contribution in [2.75, 3.05) is 6.54 Å². The van der Waals surface area contributed by atoms with Crippen molar-refractivity contribution in [3.63, 3.8) is 0 Å². The van der Waals surface area contributed by atoms with Crippen molar-refractivity contribution < 1.29 is 0 Å². The first-order valence-electron chi connectivity index (χ1n) is 7.04. The summed E-state index contributed by atoms with van der Waals surface area (Å²) in [6, 6.07) is 8.82. The van der Waals surface area contributed by atoms with Gasteiger partial charge in [0.15, 0.2) is 0 Å². The summed E-state index contributed by atoms with van der Waals surface area (Å²) < 4.78 is 0. The summed E-state index contributed by atoms with van der Waals surface area (Å²) in [5.74, 6) is 0.585. The number of unbranched alkanes of at least 4 members (excludes halogenated alkanes) is 1. The summed E-state index contributed by atoms with van der Waals surface area (Å²) in [5, 5.41) is 3.80. The average Bonchev–Trinajstić information content (AvgIpc) is 2.78. The van der Waals surface area contributed by atoms with Crippen molar-refractivity contribution in [2.24, 2.45) is 0 Å². The van der Waals surface area contributed by atoms with Crippen molar-refractivity contribution >= 4 is 14.9 Å². The Morgan fingerprint density at radius 1 is 1.28 bits per heavy atom. The van der Waals surface area contributed by atoms with Gasteiger partial charge in [-0.1, -0.05) is 62.9 Å². The minimum atomic E-state index is -0.340. The molecule has 1 aromatic carbocycles. The van der Waals surface area contributed by atoms with Crippen LogP contribution in [0.3, 0.4) is 0 Å². The van der Waals surface area contributed by atoms with Gasteiger partial charge in [-0.2, -0.15) is 0 Å². The van der Waals surface area contributed by atoms with Gasteiger partial charge in [0.2, 0.25) is 0 Å². The third-order valence-electron chi connectivity index (χ3n) is 3.71. The van der Waals surface area contributed by atoms with Gasteiger partial charge in [0.25, 0.3) is 0 Å². The lowest BCUT2D eigenvalue weighted by atomic mass is 10.0. The Bertz CT molecular complexity index is 411. The number of hydrogen-bond donors (Lipinski definition) is 1. The molecule has 0 aromatic heterocycles. The molecule has 0 aliphatic heterocycles.